The van der Waals surface area contributed by atoms with E-state index in [1.165, 1.54) is 10.4 Å². The smallest absolute Gasteiger partial charge is 0.414 e. The molecule has 1 fully saturated rings. The van der Waals surface area contributed by atoms with Crippen LogP contribution in [0.15, 0.2) is 24.3 Å². The third-order valence-corrected chi connectivity index (χ3v) is 6.51. The number of hydrogen-bond acceptors (Lipinski definition) is 6. The Bertz CT molecular complexity index is 906. The lowest BCUT2D eigenvalue weighted by Gasteiger charge is -2.26. The summed E-state index contributed by atoms with van der Waals surface area (Å²) in [5.41, 5.74) is 2.53. The third-order valence-electron chi connectivity index (χ3n) is 4.52. The van der Waals surface area contributed by atoms with Crippen molar-refractivity contribution in [3.63, 3.8) is 0 Å². The van der Waals surface area contributed by atoms with E-state index in [0.29, 0.717) is 11.3 Å². The van der Waals surface area contributed by atoms with Crippen LogP contribution in [0.25, 0.3) is 0 Å². The number of anilines is 1. The first-order valence-corrected chi connectivity index (χ1v) is 10.3. The van der Waals surface area contributed by atoms with Crippen LogP contribution in [-0.2, 0) is 19.4 Å². The molecule has 1 heterocycles. The summed E-state index contributed by atoms with van der Waals surface area (Å²) in [5, 5.41) is 8.88. The molecule has 0 saturated carbocycles. The molecule has 0 aliphatic carbocycles. The maximum atomic E-state index is 12.2. The van der Waals surface area contributed by atoms with Gasteiger partial charge in [0.25, 0.3) is 5.91 Å². The molecule has 152 valence electrons. The molecule has 28 heavy (non-hydrogen) atoms. The van der Waals surface area contributed by atoms with E-state index in [1.54, 1.807) is 24.3 Å². The standard InChI is InChI=1S/C18H21FN2O6S/c1-18(16(22)20-24,28(2,25)26)11-15-12-21(17(23)27-15)14-8-6-13(7-9-14)5-3-4-10-19/h6-9,15,24H,4,10-12H2,1-2H3,(H,20,22)/t15-,18+/m0/s1. The van der Waals surface area contributed by atoms with E-state index >= 15 is 0 Å². The Labute approximate surface area is 162 Å². The first kappa shape index (κ1) is 21.7. The van der Waals surface area contributed by atoms with Crippen molar-refractivity contribution in [1.82, 2.24) is 5.48 Å². The molecule has 0 bridgehead atoms. The number of nitrogens with zero attached hydrogens (tertiary/aromatic N) is 1. The minimum absolute atomic E-state index is 0.0372. The largest absolute Gasteiger partial charge is 0.444 e. The molecule has 0 spiro atoms. The van der Waals surface area contributed by atoms with Crippen LogP contribution in [0.2, 0.25) is 0 Å². The van der Waals surface area contributed by atoms with Gasteiger partial charge in [-0.3, -0.25) is 19.3 Å². The molecule has 2 amide bonds. The number of nitrogens with one attached hydrogen (secondary N) is 1. The number of hydrogen-bond donors (Lipinski definition) is 2. The zero-order valence-electron chi connectivity index (χ0n) is 15.4. The van der Waals surface area contributed by atoms with Gasteiger partial charge in [-0.15, -0.1) is 0 Å². The molecule has 1 aliphatic heterocycles. The number of halogens is 1. The van der Waals surface area contributed by atoms with Gasteiger partial charge in [0, 0.05) is 30.3 Å². The fourth-order valence-corrected chi connectivity index (χ4v) is 3.61. The second kappa shape index (κ2) is 8.58. The molecular weight excluding hydrogens is 391 g/mol. The minimum atomic E-state index is -3.90. The van der Waals surface area contributed by atoms with Gasteiger partial charge >= 0.3 is 6.09 Å². The van der Waals surface area contributed by atoms with Crippen molar-refractivity contribution in [3.05, 3.63) is 29.8 Å². The van der Waals surface area contributed by atoms with Crippen LogP contribution in [0.5, 0.6) is 0 Å². The molecule has 8 nitrogen and oxygen atoms in total. The summed E-state index contributed by atoms with van der Waals surface area (Å²) in [6.07, 6.45) is -0.843. The van der Waals surface area contributed by atoms with Gasteiger partial charge in [-0.05, 0) is 31.2 Å². The van der Waals surface area contributed by atoms with E-state index in [-0.39, 0.29) is 19.4 Å². The molecule has 0 unspecified atom stereocenters. The Hall–Kier alpha value is -2.64. The van der Waals surface area contributed by atoms with Crippen LogP contribution in [0.4, 0.5) is 14.9 Å². The Morgan fingerprint density at radius 2 is 2.07 bits per heavy atom. The number of cyclic esters (lactones) is 1. The molecular formula is C18H21FN2O6S. The van der Waals surface area contributed by atoms with E-state index in [2.05, 4.69) is 11.8 Å². The van der Waals surface area contributed by atoms with Crippen LogP contribution in [0.3, 0.4) is 0 Å². The first-order chi connectivity index (χ1) is 13.1. The maximum Gasteiger partial charge on any atom is 0.414 e. The minimum Gasteiger partial charge on any atom is -0.444 e. The number of carbonyl (C=O) groups excluding carboxylic acids is 2. The van der Waals surface area contributed by atoms with Crippen LogP contribution in [0, 0.1) is 11.8 Å². The molecule has 1 aromatic carbocycles. The summed E-state index contributed by atoms with van der Waals surface area (Å²) in [4.78, 5) is 25.4. The van der Waals surface area contributed by atoms with Crippen LogP contribution >= 0.6 is 0 Å². The maximum absolute atomic E-state index is 12.2. The normalized spacial score (nSPS) is 18.6. The monoisotopic (exact) mass is 412 g/mol. The topological polar surface area (TPSA) is 113 Å². The number of ether oxygens (including phenoxy) is 1. The van der Waals surface area contributed by atoms with Gasteiger partial charge in [0.05, 0.1) is 6.54 Å². The number of carbonyl (C=O) groups is 2. The number of benzene rings is 1. The second-order valence-corrected chi connectivity index (χ2v) is 9.00. The molecule has 0 aromatic heterocycles. The number of rotatable bonds is 6. The number of sulfone groups is 1. The van der Waals surface area contributed by atoms with Gasteiger partial charge < -0.3 is 4.74 Å². The van der Waals surface area contributed by atoms with Crippen molar-refractivity contribution in [1.29, 1.82) is 0 Å². The highest BCUT2D eigenvalue weighted by Crippen LogP contribution is 2.30. The Morgan fingerprint density at radius 3 is 2.61 bits per heavy atom. The van der Waals surface area contributed by atoms with Gasteiger partial charge in [-0.2, -0.15) is 0 Å². The zero-order chi connectivity index (χ0) is 20.9. The highest BCUT2D eigenvalue weighted by Gasteiger charge is 2.48. The molecule has 10 heteroatoms. The summed E-state index contributed by atoms with van der Waals surface area (Å²) >= 11 is 0. The number of alkyl halides is 1. The SMILES string of the molecule is C[C@@](C[C@H]1CN(c2ccc(C#CCCF)cc2)C(=O)O1)(C(=O)NO)S(C)(=O)=O. The Kier molecular flexibility index (Phi) is 6.64. The van der Waals surface area contributed by atoms with E-state index < -0.39 is 39.4 Å². The van der Waals surface area contributed by atoms with E-state index in [0.717, 1.165) is 13.2 Å². The van der Waals surface area contributed by atoms with Crippen LogP contribution < -0.4 is 10.4 Å². The molecule has 2 atom stereocenters. The van der Waals surface area contributed by atoms with Crippen LogP contribution in [-0.4, -0.2) is 56.0 Å². The Morgan fingerprint density at radius 1 is 1.43 bits per heavy atom. The number of hydroxylamine groups is 1. The van der Waals surface area contributed by atoms with E-state index in [9.17, 15) is 22.4 Å². The van der Waals surface area contributed by atoms with Gasteiger partial charge in [-0.25, -0.2) is 18.7 Å². The van der Waals surface area contributed by atoms with Gasteiger partial charge in [0.1, 0.15) is 12.8 Å². The first-order valence-electron chi connectivity index (χ1n) is 8.39. The average Bonchev–Trinajstić information content (AvgIpc) is 3.00. The van der Waals surface area contributed by atoms with Gasteiger partial charge in [-0.1, -0.05) is 11.8 Å². The lowest BCUT2D eigenvalue weighted by atomic mass is 10.0. The van der Waals surface area contributed by atoms with Crippen molar-refractivity contribution in [3.8, 4) is 11.8 Å². The highest BCUT2D eigenvalue weighted by atomic mass is 32.2. The summed E-state index contributed by atoms with van der Waals surface area (Å²) < 4.78 is 39.4. The van der Waals surface area contributed by atoms with E-state index in [4.69, 9.17) is 9.94 Å². The average molecular weight is 412 g/mol. The highest BCUT2D eigenvalue weighted by molar-refractivity contribution is 7.92. The lowest BCUT2D eigenvalue weighted by molar-refractivity contribution is -0.132. The predicted molar refractivity (Wildman–Crippen MR) is 99.3 cm³/mol. The van der Waals surface area contributed by atoms with Crippen molar-refractivity contribution < 1.29 is 32.3 Å². The number of amides is 2. The van der Waals surface area contributed by atoms with Crippen molar-refractivity contribution in [2.24, 2.45) is 0 Å². The zero-order valence-corrected chi connectivity index (χ0v) is 16.3. The van der Waals surface area contributed by atoms with Crippen molar-refractivity contribution >= 4 is 27.5 Å². The Balaban J connectivity index is 2.15. The quantitative estimate of drug-likeness (QED) is 0.415. The molecule has 0 radical (unpaired) electrons. The molecule has 1 saturated heterocycles. The summed E-state index contributed by atoms with van der Waals surface area (Å²) in [5.74, 6) is 4.36. The van der Waals surface area contributed by atoms with Crippen molar-refractivity contribution in [2.45, 2.75) is 30.6 Å². The second-order valence-electron chi connectivity index (χ2n) is 6.55. The summed E-state index contributed by atoms with van der Waals surface area (Å²) in [6.45, 7) is 0.678. The lowest BCUT2D eigenvalue weighted by Crippen LogP contribution is -2.51. The fraction of sp³-hybridized carbons (Fsp3) is 0.444. The van der Waals surface area contributed by atoms with Crippen molar-refractivity contribution in [2.75, 3.05) is 24.4 Å². The molecule has 2 rings (SSSR count). The van der Waals surface area contributed by atoms with E-state index in [1.807, 2.05) is 0 Å². The molecule has 2 N–H and O–H groups in total. The summed E-state index contributed by atoms with van der Waals surface area (Å²) in [7, 11) is -3.90. The molecule has 1 aromatic rings. The molecule has 1 aliphatic rings. The summed E-state index contributed by atoms with van der Waals surface area (Å²) in [6, 6.07) is 6.61. The van der Waals surface area contributed by atoms with Crippen LogP contribution in [0.1, 0.15) is 25.3 Å². The fourth-order valence-electron chi connectivity index (χ4n) is 2.74. The van der Waals surface area contributed by atoms with Gasteiger partial charge in [0.2, 0.25) is 0 Å². The third kappa shape index (κ3) is 4.61. The predicted octanol–water partition coefficient (Wildman–Crippen LogP) is 1.42. The van der Waals surface area contributed by atoms with Gasteiger partial charge in [0.15, 0.2) is 14.6 Å².